The minimum atomic E-state index is -0.181. The molecule has 0 aliphatic carbocycles. The van der Waals surface area contributed by atoms with Crippen molar-refractivity contribution in [2.24, 2.45) is 0 Å². The zero-order chi connectivity index (χ0) is 31.0. The molecule has 46 heavy (non-hydrogen) atoms. The Morgan fingerprint density at radius 1 is 0.630 bits per heavy atom. The summed E-state index contributed by atoms with van der Waals surface area (Å²) in [5.41, 5.74) is 14.2. The zero-order valence-electron chi connectivity index (χ0n) is 24.1. The van der Waals surface area contributed by atoms with Crippen LogP contribution in [0.3, 0.4) is 0 Å². The second kappa shape index (κ2) is 11.9. The van der Waals surface area contributed by atoms with Crippen molar-refractivity contribution in [2.75, 3.05) is 18.0 Å². The summed E-state index contributed by atoms with van der Waals surface area (Å²) in [6.07, 6.45) is 0. The van der Waals surface area contributed by atoms with E-state index in [0.29, 0.717) is 24.9 Å². The van der Waals surface area contributed by atoms with Gasteiger partial charge in [0.2, 0.25) is 11.8 Å². The number of rotatable bonds is 6. The van der Waals surface area contributed by atoms with Crippen LogP contribution in [0.5, 0.6) is 0 Å². The van der Waals surface area contributed by atoms with Gasteiger partial charge in [0, 0.05) is 0 Å². The Kier molecular flexibility index (Phi) is 7.27. The summed E-state index contributed by atoms with van der Waals surface area (Å²) in [6, 6.07) is 36.0. The van der Waals surface area contributed by atoms with E-state index in [4.69, 9.17) is 18.8 Å². The molecule has 0 N–H and O–H groups in total. The normalized spacial score (nSPS) is 11.2. The van der Waals surface area contributed by atoms with E-state index in [1.54, 1.807) is 0 Å². The molecule has 8 nitrogen and oxygen atoms in total. The first-order valence-corrected chi connectivity index (χ1v) is 16.1. The fourth-order valence-electron chi connectivity index (χ4n) is 5.84. The van der Waals surface area contributed by atoms with Crippen LogP contribution in [0.1, 0.15) is 0 Å². The Labute approximate surface area is 264 Å². The average Bonchev–Trinajstić information content (AvgIpc) is 3.82. The van der Waals surface area contributed by atoms with Crippen LogP contribution >= 0.6 is 15.8 Å². The van der Waals surface area contributed by atoms with Crippen LogP contribution < -0.4 is 4.90 Å². The standard InChI is InChI=1S/C36H22N4O4P2/c41-45-19-17-39(18-20-46-42)25-11-13-26(14-12-25)40-31-15-9-23(35-37-29-5-1-3-7-33(29)43-35)21-27(31)28-22-24(10-16-32(28)40)36-38-30-6-2-4-8-34(30)44-36/h1-16,21-22H,17-18H2. The van der Waals surface area contributed by atoms with Gasteiger partial charge in [-0.25, -0.2) is 9.97 Å². The molecule has 0 spiro atoms. The van der Waals surface area contributed by atoms with E-state index in [1.165, 1.54) is 0 Å². The van der Waals surface area contributed by atoms with Crippen LogP contribution in [0.15, 0.2) is 118 Å². The van der Waals surface area contributed by atoms with E-state index in [1.807, 2.05) is 89.8 Å². The molecule has 0 radical (unpaired) electrons. The molecule has 0 saturated heterocycles. The van der Waals surface area contributed by atoms with E-state index in [2.05, 4.69) is 40.1 Å². The third-order valence-corrected chi connectivity index (χ3v) is 8.51. The van der Waals surface area contributed by atoms with Gasteiger partial charge in [-0.3, -0.25) is 0 Å². The molecule has 0 aliphatic heterocycles. The fourth-order valence-corrected chi connectivity index (χ4v) is 6.30. The van der Waals surface area contributed by atoms with Crippen LogP contribution in [-0.4, -0.2) is 27.6 Å². The predicted molar refractivity (Wildman–Crippen MR) is 182 cm³/mol. The molecule has 0 atom stereocenters. The van der Waals surface area contributed by atoms with Gasteiger partial charge in [0.15, 0.2) is 11.2 Å². The number of fused-ring (bicyclic) bond motifs is 5. The number of anilines is 1. The first-order chi connectivity index (χ1) is 22.7. The van der Waals surface area contributed by atoms with E-state index in [9.17, 15) is 9.13 Å². The summed E-state index contributed by atoms with van der Waals surface area (Å²) < 4.78 is 36.6. The van der Waals surface area contributed by atoms with E-state index in [-0.39, 0.29) is 15.8 Å². The van der Waals surface area contributed by atoms with Gasteiger partial charge in [-0.1, -0.05) is 24.3 Å². The Balaban J connectivity index is 1.30. The molecule has 3 aromatic heterocycles. The summed E-state index contributed by atoms with van der Waals surface area (Å²) in [7, 11) is -0.362. The Bertz CT molecular complexity index is 2440. The first kappa shape index (κ1) is 28.2. The quantitative estimate of drug-likeness (QED) is 0.168. The summed E-state index contributed by atoms with van der Waals surface area (Å²) in [4.78, 5) is 11.4. The van der Waals surface area contributed by atoms with Crippen LogP contribution in [0.2, 0.25) is 0 Å². The van der Waals surface area contributed by atoms with Crippen molar-refractivity contribution in [1.82, 2.24) is 14.5 Å². The maximum absolute atomic E-state index is 11.0. The van der Waals surface area contributed by atoms with Crippen molar-refractivity contribution in [3.05, 3.63) is 109 Å². The second-order valence-corrected chi connectivity index (χ2v) is 11.6. The molecule has 5 aromatic carbocycles. The van der Waals surface area contributed by atoms with Crippen molar-refractivity contribution in [1.29, 1.82) is 0 Å². The maximum atomic E-state index is 11.0. The van der Waals surface area contributed by atoms with E-state index in [0.717, 1.165) is 66.5 Å². The Morgan fingerprint density at radius 3 is 1.61 bits per heavy atom. The van der Waals surface area contributed by atoms with Gasteiger partial charge >= 0.3 is 164 Å². The van der Waals surface area contributed by atoms with Crippen molar-refractivity contribution in [2.45, 2.75) is 0 Å². The van der Waals surface area contributed by atoms with Crippen LogP contribution in [-0.2, 0) is 9.13 Å². The molecular formula is C36H22N4O4P2. The van der Waals surface area contributed by atoms with Crippen LogP contribution in [0.4, 0.5) is 5.69 Å². The number of hydrogen-bond acceptors (Lipinski definition) is 7. The number of benzene rings is 5. The molecule has 8 rings (SSSR count). The average molecular weight is 637 g/mol. The number of aromatic nitrogens is 3. The molecule has 3 heterocycles. The topological polar surface area (TPSA) is 94.4 Å². The van der Waals surface area contributed by atoms with E-state index < -0.39 is 0 Å². The van der Waals surface area contributed by atoms with Crippen LogP contribution in [0.25, 0.3) is 72.6 Å². The number of nitrogens with zero attached hydrogens (tertiary/aromatic N) is 4. The van der Waals surface area contributed by atoms with Gasteiger partial charge in [0.25, 0.3) is 0 Å². The molecule has 0 saturated carbocycles. The molecule has 0 amide bonds. The third-order valence-electron chi connectivity index (χ3n) is 7.97. The van der Waals surface area contributed by atoms with Crippen molar-refractivity contribution in [3.63, 3.8) is 0 Å². The summed E-state index contributed by atoms with van der Waals surface area (Å²) in [5, 5.41) is 2.05. The van der Waals surface area contributed by atoms with Gasteiger partial charge in [-0.15, -0.1) is 0 Å². The van der Waals surface area contributed by atoms with Gasteiger partial charge in [0.05, 0.1) is 0 Å². The van der Waals surface area contributed by atoms with Crippen molar-refractivity contribution in [3.8, 4) is 39.8 Å². The van der Waals surface area contributed by atoms with Gasteiger partial charge < -0.3 is 8.83 Å². The molecule has 0 fully saturated rings. The van der Waals surface area contributed by atoms with Gasteiger partial charge in [0.1, 0.15) is 11.0 Å². The number of para-hydroxylation sites is 4. The Hall–Kier alpha value is -5.34. The fraction of sp³-hybridized carbons (Fsp3) is 0.0556. The Morgan fingerprint density at radius 2 is 1.13 bits per heavy atom. The minimum absolute atomic E-state index is 0.181. The summed E-state index contributed by atoms with van der Waals surface area (Å²) in [5.74, 6) is 1.11. The van der Waals surface area contributed by atoms with Crippen molar-refractivity contribution < 1.29 is 18.0 Å². The predicted octanol–water partition coefficient (Wildman–Crippen LogP) is 9.71. The van der Waals surface area contributed by atoms with Crippen molar-refractivity contribution >= 4 is 65.5 Å². The number of hydrogen-bond donors (Lipinski definition) is 0. The molecule has 0 unspecified atom stereocenters. The summed E-state index contributed by atoms with van der Waals surface area (Å²) >= 11 is 0. The number of oxazole rings is 2. The monoisotopic (exact) mass is 636 g/mol. The molecule has 0 bridgehead atoms. The van der Waals surface area contributed by atoms with Crippen LogP contribution in [0, 0.1) is 11.3 Å². The van der Waals surface area contributed by atoms with Gasteiger partial charge in [-0.05, 0) is 24.3 Å². The van der Waals surface area contributed by atoms with Gasteiger partial charge in [-0.2, -0.15) is 0 Å². The SMILES string of the molecule is O=P#CCN(CC#P=O)c1ccc(-n2c3ccc(-c4nc5ccccc5o4)cc3c3cc(-c4nc5ccccc5o4)ccc32)cc1. The second-order valence-electron chi connectivity index (χ2n) is 10.6. The van der Waals surface area contributed by atoms with E-state index >= 15 is 0 Å². The first-order valence-electron chi connectivity index (χ1n) is 14.5. The summed E-state index contributed by atoms with van der Waals surface area (Å²) in [6.45, 7) is 0.610. The zero-order valence-corrected chi connectivity index (χ0v) is 25.9. The molecular weight excluding hydrogens is 614 g/mol. The molecule has 220 valence electrons. The molecule has 8 aromatic rings. The third kappa shape index (κ3) is 5.01. The molecule has 0 aliphatic rings. The molecule has 10 heteroatoms.